The minimum atomic E-state index is -4.25. The summed E-state index contributed by atoms with van der Waals surface area (Å²) >= 11 is 0. The minimum Gasteiger partial charge on any atom is -0.744 e. The lowest BCUT2D eigenvalue weighted by Gasteiger charge is -2.20. The third kappa shape index (κ3) is 6.51. The highest BCUT2D eigenvalue weighted by atomic mass is 32.2. The van der Waals surface area contributed by atoms with Crippen LogP contribution < -0.4 is 0 Å². The van der Waals surface area contributed by atoms with Crippen molar-refractivity contribution in [3.05, 3.63) is 30.3 Å². The molecule has 0 heterocycles. The van der Waals surface area contributed by atoms with Crippen molar-refractivity contribution in [2.75, 3.05) is 24.6 Å². The summed E-state index contributed by atoms with van der Waals surface area (Å²) in [6, 6.07) is 7.19. The monoisotopic (exact) mass is 304 g/mol. The molecule has 0 aliphatic rings. The summed E-state index contributed by atoms with van der Waals surface area (Å²) in [4.78, 5) is -0.185. The fourth-order valence-corrected chi connectivity index (χ4v) is 5.10. The van der Waals surface area contributed by atoms with Crippen molar-refractivity contribution in [2.45, 2.75) is 32.6 Å². The molecule has 1 rings (SSSR count). The lowest BCUT2D eigenvalue weighted by Crippen LogP contribution is -2.04. The largest absolute Gasteiger partial charge is 0.744 e. The highest BCUT2D eigenvalue weighted by molar-refractivity contribution is 7.85. The standard InChI is InChI=1S/C8H20P.C6H6O3S/c1-5-9(6-2,7-3)8-4;7-10(8,9)6-4-2-1-3-5-6/h5-8H2,1-4H3;1-5H,(H,7,8,9)/q+1;/p-1. The van der Waals surface area contributed by atoms with Crippen LogP contribution in [0.15, 0.2) is 35.2 Å². The van der Waals surface area contributed by atoms with E-state index in [1.165, 1.54) is 48.9 Å². The van der Waals surface area contributed by atoms with Gasteiger partial charge in [0.2, 0.25) is 0 Å². The third-order valence-electron chi connectivity index (χ3n) is 3.72. The van der Waals surface area contributed by atoms with Crippen molar-refractivity contribution in [3.63, 3.8) is 0 Å². The zero-order valence-electron chi connectivity index (χ0n) is 12.3. The molecule has 19 heavy (non-hydrogen) atoms. The predicted octanol–water partition coefficient (Wildman–Crippen LogP) is 3.67. The van der Waals surface area contributed by atoms with Crippen LogP contribution in [0.1, 0.15) is 27.7 Å². The van der Waals surface area contributed by atoms with Crippen molar-refractivity contribution in [1.29, 1.82) is 0 Å². The summed E-state index contributed by atoms with van der Waals surface area (Å²) in [6.45, 7) is 9.41. The van der Waals surface area contributed by atoms with Gasteiger partial charge >= 0.3 is 0 Å². The second-order valence-corrected chi connectivity index (χ2v) is 11.0. The normalized spacial score (nSPS) is 11.6. The molecule has 0 fully saturated rings. The maximum Gasteiger partial charge on any atom is 0.124 e. The van der Waals surface area contributed by atoms with Crippen LogP contribution in [-0.4, -0.2) is 37.6 Å². The molecule has 110 valence electrons. The van der Waals surface area contributed by atoms with Crippen LogP contribution in [0, 0.1) is 0 Å². The molecule has 0 aromatic heterocycles. The number of benzene rings is 1. The van der Waals surface area contributed by atoms with Gasteiger partial charge in [-0.05, 0) is 39.8 Å². The van der Waals surface area contributed by atoms with Crippen LogP contribution >= 0.6 is 7.26 Å². The van der Waals surface area contributed by atoms with Crippen LogP contribution in [0.4, 0.5) is 0 Å². The lowest BCUT2D eigenvalue weighted by atomic mass is 10.4. The fourth-order valence-electron chi connectivity index (χ4n) is 1.93. The van der Waals surface area contributed by atoms with Gasteiger partial charge in [-0.15, -0.1) is 0 Å². The summed E-state index contributed by atoms with van der Waals surface area (Å²) < 4.78 is 30.8. The molecule has 0 unspecified atom stereocenters. The quantitative estimate of drug-likeness (QED) is 0.616. The molecular weight excluding hydrogens is 279 g/mol. The Morgan fingerprint density at radius 3 is 1.42 bits per heavy atom. The first-order valence-corrected chi connectivity index (χ1v) is 10.6. The van der Waals surface area contributed by atoms with Gasteiger partial charge in [-0.3, -0.25) is 0 Å². The number of rotatable bonds is 5. The van der Waals surface area contributed by atoms with Gasteiger partial charge in [0.05, 0.1) is 29.5 Å². The Morgan fingerprint density at radius 1 is 0.895 bits per heavy atom. The van der Waals surface area contributed by atoms with Gasteiger partial charge < -0.3 is 4.55 Å². The molecular formula is C14H25O3PS. The maximum atomic E-state index is 10.3. The highest BCUT2D eigenvalue weighted by Gasteiger charge is 2.27. The van der Waals surface area contributed by atoms with E-state index >= 15 is 0 Å². The third-order valence-corrected chi connectivity index (χ3v) is 9.93. The molecule has 0 saturated heterocycles. The predicted molar refractivity (Wildman–Crippen MR) is 83.5 cm³/mol. The smallest absolute Gasteiger partial charge is 0.124 e. The van der Waals surface area contributed by atoms with Crippen LogP contribution in [0.3, 0.4) is 0 Å². The Hall–Kier alpha value is -0.440. The summed E-state index contributed by atoms with van der Waals surface area (Å²) in [5, 5.41) is 0. The van der Waals surface area contributed by atoms with Gasteiger partial charge in [0.1, 0.15) is 10.1 Å². The van der Waals surface area contributed by atoms with E-state index in [-0.39, 0.29) is 4.90 Å². The summed E-state index contributed by atoms with van der Waals surface area (Å²) in [6.07, 6.45) is 5.82. The van der Waals surface area contributed by atoms with E-state index in [9.17, 15) is 13.0 Å². The van der Waals surface area contributed by atoms with Gasteiger partial charge in [-0.2, -0.15) is 0 Å². The Kier molecular flexibility index (Phi) is 8.47. The van der Waals surface area contributed by atoms with Crippen LogP contribution in [0.2, 0.25) is 0 Å². The van der Waals surface area contributed by atoms with E-state index in [1.807, 2.05) is 0 Å². The van der Waals surface area contributed by atoms with Crippen LogP contribution in [0.25, 0.3) is 0 Å². The maximum absolute atomic E-state index is 10.3. The molecule has 5 heteroatoms. The molecule has 0 atom stereocenters. The zero-order chi connectivity index (χ0) is 14.9. The molecule has 0 bridgehead atoms. The topological polar surface area (TPSA) is 57.2 Å². The summed E-state index contributed by atoms with van der Waals surface area (Å²) in [7, 11) is -4.67. The second-order valence-electron chi connectivity index (χ2n) is 4.37. The molecule has 1 aromatic rings. The first-order chi connectivity index (χ1) is 8.85. The van der Waals surface area contributed by atoms with Crippen molar-refractivity contribution in [3.8, 4) is 0 Å². The molecule has 0 aliphatic heterocycles. The van der Waals surface area contributed by atoms with Crippen LogP contribution in [-0.2, 0) is 10.1 Å². The van der Waals surface area contributed by atoms with E-state index < -0.39 is 17.4 Å². The summed E-state index contributed by atoms with van der Waals surface area (Å²) in [5.41, 5.74) is 0. The van der Waals surface area contributed by atoms with Crippen molar-refractivity contribution < 1.29 is 13.0 Å². The average Bonchev–Trinajstić information content (AvgIpc) is 2.43. The highest BCUT2D eigenvalue weighted by Crippen LogP contribution is 2.57. The number of hydrogen-bond donors (Lipinski definition) is 0. The van der Waals surface area contributed by atoms with Crippen molar-refractivity contribution in [2.24, 2.45) is 0 Å². The minimum absolute atomic E-state index is 0.185. The van der Waals surface area contributed by atoms with E-state index in [1.54, 1.807) is 6.07 Å². The Bertz CT molecular complexity index is 422. The second kappa shape index (κ2) is 8.68. The molecule has 0 amide bonds. The number of hydrogen-bond acceptors (Lipinski definition) is 3. The van der Waals surface area contributed by atoms with E-state index in [0.29, 0.717) is 0 Å². The first-order valence-electron chi connectivity index (χ1n) is 6.71. The van der Waals surface area contributed by atoms with Gasteiger partial charge in [0.25, 0.3) is 0 Å². The van der Waals surface area contributed by atoms with E-state index in [2.05, 4.69) is 27.7 Å². The van der Waals surface area contributed by atoms with Crippen LogP contribution in [0.5, 0.6) is 0 Å². The fraction of sp³-hybridized carbons (Fsp3) is 0.571. The molecule has 0 saturated carbocycles. The Balaban J connectivity index is 0.000000344. The van der Waals surface area contributed by atoms with Crippen molar-refractivity contribution in [1.82, 2.24) is 0 Å². The molecule has 1 aromatic carbocycles. The van der Waals surface area contributed by atoms with Gasteiger partial charge in [0, 0.05) is 7.26 Å². The molecule has 0 N–H and O–H groups in total. The molecule has 0 aliphatic carbocycles. The summed E-state index contributed by atoms with van der Waals surface area (Å²) in [5.74, 6) is 0. The van der Waals surface area contributed by atoms with E-state index in [4.69, 9.17) is 0 Å². The lowest BCUT2D eigenvalue weighted by molar-refractivity contribution is 0.463. The Morgan fingerprint density at radius 2 is 1.26 bits per heavy atom. The molecule has 0 radical (unpaired) electrons. The first kappa shape index (κ1) is 18.6. The SMILES string of the molecule is CC[P+](CC)(CC)CC.O=S(=O)([O-])c1ccccc1. The zero-order valence-corrected chi connectivity index (χ0v) is 14.0. The molecule has 3 nitrogen and oxygen atoms in total. The average molecular weight is 304 g/mol. The van der Waals surface area contributed by atoms with Crippen molar-refractivity contribution >= 4 is 17.4 Å². The van der Waals surface area contributed by atoms with Gasteiger partial charge in [-0.1, -0.05) is 18.2 Å². The van der Waals surface area contributed by atoms with Gasteiger partial charge in [-0.25, -0.2) is 8.42 Å². The van der Waals surface area contributed by atoms with Gasteiger partial charge in [0.15, 0.2) is 0 Å². The Labute approximate surface area is 118 Å². The molecule has 0 spiro atoms. The van der Waals surface area contributed by atoms with E-state index in [0.717, 1.165) is 0 Å².